The van der Waals surface area contributed by atoms with Crippen LogP contribution in [0.4, 0.5) is 0 Å². The molecule has 0 aliphatic carbocycles. The van der Waals surface area contributed by atoms with E-state index in [2.05, 4.69) is 20.8 Å². The normalized spacial score (nSPS) is 11.9. The van der Waals surface area contributed by atoms with Crippen LogP contribution in [-0.2, 0) is 9.09 Å². The van der Waals surface area contributed by atoms with Crippen LogP contribution in [0.2, 0.25) is 0 Å². The summed E-state index contributed by atoms with van der Waals surface area (Å²) < 4.78 is 18.5. The molecule has 3 heteroatoms. The van der Waals surface area contributed by atoms with Crippen LogP contribution < -0.4 is 0 Å². The van der Waals surface area contributed by atoms with Crippen molar-refractivity contribution in [2.24, 2.45) is 0 Å². The van der Waals surface area contributed by atoms with Crippen molar-refractivity contribution in [3.05, 3.63) is 0 Å². The minimum absolute atomic E-state index is 0.698. The Morgan fingerprint density at radius 1 is 0.722 bits per heavy atom. The zero-order valence-corrected chi connectivity index (χ0v) is 13.6. The predicted molar refractivity (Wildman–Crippen MR) is 81.9 cm³/mol. The van der Waals surface area contributed by atoms with Gasteiger partial charge in [-0.15, -0.1) is 0 Å². The van der Waals surface area contributed by atoms with Gasteiger partial charge in [0.1, 0.15) is 0 Å². The third kappa shape index (κ3) is 10.1. The average Bonchev–Trinajstić information content (AvgIpc) is 2.36. The molecular formula is C15H33O2P. The highest BCUT2D eigenvalue weighted by Crippen LogP contribution is 2.48. The van der Waals surface area contributed by atoms with Gasteiger partial charge in [-0.05, 0) is 19.3 Å². The van der Waals surface area contributed by atoms with Gasteiger partial charge in [0, 0.05) is 12.3 Å². The zero-order valence-electron chi connectivity index (χ0n) is 12.7. The molecule has 0 fully saturated rings. The molecule has 0 aromatic carbocycles. The summed E-state index contributed by atoms with van der Waals surface area (Å²) in [5, 5.41) is 0. The summed E-state index contributed by atoms with van der Waals surface area (Å²) in [4.78, 5) is 0. The summed E-state index contributed by atoms with van der Waals surface area (Å²) in [5.74, 6) is 0. The third-order valence-corrected chi connectivity index (χ3v) is 5.93. The lowest BCUT2D eigenvalue weighted by Gasteiger charge is -2.18. The van der Waals surface area contributed by atoms with E-state index in [9.17, 15) is 4.57 Å². The van der Waals surface area contributed by atoms with Gasteiger partial charge in [0.05, 0.1) is 6.61 Å². The Hall–Kier alpha value is 0.190. The number of unbranched alkanes of at least 4 members (excludes halogenated alkanes) is 6. The Bertz CT molecular complexity index is 203. The van der Waals surface area contributed by atoms with Crippen LogP contribution in [0.25, 0.3) is 0 Å². The fraction of sp³-hybridized carbons (Fsp3) is 1.00. The van der Waals surface area contributed by atoms with Gasteiger partial charge in [-0.3, -0.25) is 4.57 Å². The van der Waals surface area contributed by atoms with Crippen LogP contribution in [0.1, 0.15) is 78.6 Å². The molecular weight excluding hydrogens is 243 g/mol. The highest BCUT2D eigenvalue weighted by molar-refractivity contribution is 7.58. The predicted octanol–water partition coefficient (Wildman–Crippen LogP) is 5.85. The molecule has 0 N–H and O–H groups in total. The highest BCUT2D eigenvalue weighted by Gasteiger charge is 2.21. The van der Waals surface area contributed by atoms with Crippen LogP contribution >= 0.6 is 7.37 Å². The van der Waals surface area contributed by atoms with E-state index < -0.39 is 7.37 Å². The molecule has 0 aliphatic heterocycles. The first-order valence-corrected chi connectivity index (χ1v) is 9.90. The first kappa shape index (κ1) is 18.2. The maximum absolute atomic E-state index is 12.7. The molecule has 0 amide bonds. The Morgan fingerprint density at radius 3 is 1.61 bits per heavy atom. The molecule has 110 valence electrons. The van der Waals surface area contributed by atoms with Crippen molar-refractivity contribution >= 4 is 7.37 Å². The smallest absolute Gasteiger partial charge is 0.203 e. The lowest BCUT2D eigenvalue weighted by molar-refractivity contribution is 0.301. The fourth-order valence-corrected chi connectivity index (χ4v) is 4.38. The van der Waals surface area contributed by atoms with Gasteiger partial charge in [0.25, 0.3) is 0 Å². The summed E-state index contributed by atoms with van der Waals surface area (Å²) >= 11 is 0. The summed E-state index contributed by atoms with van der Waals surface area (Å²) in [7, 11) is -2.32. The van der Waals surface area contributed by atoms with Crippen LogP contribution in [0.5, 0.6) is 0 Å². The van der Waals surface area contributed by atoms with Crippen molar-refractivity contribution in [1.29, 1.82) is 0 Å². The van der Waals surface area contributed by atoms with Gasteiger partial charge in [-0.2, -0.15) is 0 Å². The van der Waals surface area contributed by atoms with E-state index in [0.717, 1.165) is 31.6 Å². The van der Waals surface area contributed by atoms with Crippen molar-refractivity contribution < 1.29 is 9.09 Å². The lowest BCUT2D eigenvalue weighted by atomic mass is 10.3. The van der Waals surface area contributed by atoms with Gasteiger partial charge in [-0.25, -0.2) is 0 Å². The molecule has 0 spiro atoms. The average molecular weight is 276 g/mol. The standard InChI is InChI=1S/C15H33O2P/c1-4-7-10-13-17-18(16,14-11-8-5-2)15-12-9-6-3/h4-15H2,1-3H3. The van der Waals surface area contributed by atoms with Gasteiger partial charge < -0.3 is 4.52 Å². The summed E-state index contributed by atoms with van der Waals surface area (Å²) in [6.07, 6.45) is 11.9. The Morgan fingerprint density at radius 2 is 1.17 bits per heavy atom. The highest BCUT2D eigenvalue weighted by atomic mass is 31.2. The zero-order chi connectivity index (χ0) is 13.7. The minimum atomic E-state index is -2.32. The summed E-state index contributed by atoms with van der Waals surface area (Å²) in [6.45, 7) is 7.25. The van der Waals surface area contributed by atoms with Crippen molar-refractivity contribution in [1.82, 2.24) is 0 Å². The number of rotatable bonds is 13. The second-order valence-corrected chi connectivity index (χ2v) is 8.00. The van der Waals surface area contributed by atoms with Crippen molar-refractivity contribution in [3.63, 3.8) is 0 Å². The van der Waals surface area contributed by atoms with Gasteiger partial charge in [0.2, 0.25) is 7.37 Å². The molecule has 0 radical (unpaired) electrons. The first-order chi connectivity index (χ1) is 8.68. The quantitative estimate of drug-likeness (QED) is 0.311. The molecule has 0 unspecified atom stereocenters. The molecule has 0 saturated carbocycles. The molecule has 0 saturated heterocycles. The van der Waals surface area contributed by atoms with E-state index in [1.165, 1.54) is 38.5 Å². The van der Waals surface area contributed by atoms with Gasteiger partial charge in [0.15, 0.2) is 0 Å². The van der Waals surface area contributed by atoms with Crippen LogP contribution in [0.3, 0.4) is 0 Å². The summed E-state index contributed by atoms with van der Waals surface area (Å²) in [6, 6.07) is 0. The third-order valence-electron chi connectivity index (χ3n) is 3.28. The maximum atomic E-state index is 12.7. The SMILES string of the molecule is CCCCCOP(=O)(CCCCC)CCCCC. The molecule has 0 rings (SSSR count). The monoisotopic (exact) mass is 276 g/mol. The number of hydrogen-bond donors (Lipinski definition) is 0. The Labute approximate surface area is 114 Å². The number of hydrogen-bond acceptors (Lipinski definition) is 2. The molecule has 0 aromatic rings. The molecule has 0 aliphatic rings. The fourth-order valence-electron chi connectivity index (χ4n) is 2.03. The van der Waals surface area contributed by atoms with E-state index in [1.807, 2.05) is 0 Å². The summed E-state index contributed by atoms with van der Waals surface area (Å²) in [5.41, 5.74) is 0. The Balaban J connectivity index is 3.99. The molecule has 18 heavy (non-hydrogen) atoms. The molecule has 2 nitrogen and oxygen atoms in total. The molecule has 0 atom stereocenters. The van der Waals surface area contributed by atoms with Crippen LogP contribution in [0, 0.1) is 0 Å². The first-order valence-electron chi connectivity index (χ1n) is 7.91. The maximum Gasteiger partial charge on any atom is 0.203 e. The van der Waals surface area contributed by atoms with E-state index in [0.29, 0.717) is 6.61 Å². The van der Waals surface area contributed by atoms with E-state index in [4.69, 9.17) is 4.52 Å². The van der Waals surface area contributed by atoms with Crippen LogP contribution in [0.15, 0.2) is 0 Å². The van der Waals surface area contributed by atoms with E-state index >= 15 is 0 Å². The molecule has 0 heterocycles. The molecule has 0 bridgehead atoms. The van der Waals surface area contributed by atoms with Gasteiger partial charge >= 0.3 is 0 Å². The Kier molecular flexibility index (Phi) is 12.4. The van der Waals surface area contributed by atoms with Crippen LogP contribution in [-0.4, -0.2) is 18.9 Å². The minimum Gasteiger partial charge on any atom is -0.328 e. The van der Waals surface area contributed by atoms with Crippen molar-refractivity contribution in [3.8, 4) is 0 Å². The second-order valence-electron chi connectivity index (χ2n) is 5.22. The van der Waals surface area contributed by atoms with Gasteiger partial charge in [-0.1, -0.05) is 59.3 Å². The molecule has 0 aromatic heterocycles. The second kappa shape index (κ2) is 12.2. The van der Waals surface area contributed by atoms with E-state index in [-0.39, 0.29) is 0 Å². The van der Waals surface area contributed by atoms with Crippen molar-refractivity contribution in [2.75, 3.05) is 18.9 Å². The lowest BCUT2D eigenvalue weighted by Crippen LogP contribution is -2.02. The largest absolute Gasteiger partial charge is 0.328 e. The van der Waals surface area contributed by atoms with Crippen molar-refractivity contribution in [2.45, 2.75) is 78.6 Å². The topological polar surface area (TPSA) is 26.3 Å². The van der Waals surface area contributed by atoms with E-state index in [1.54, 1.807) is 0 Å².